The zero-order valence-electron chi connectivity index (χ0n) is 19.6. The highest BCUT2D eigenvalue weighted by Gasteiger charge is 2.22. The Labute approximate surface area is 207 Å². The molecule has 3 heterocycles. The smallest absolute Gasteiger partial charge is 0.263 e. The topological polar surface area (TPSA) is 68.3 Å². The van der Waals surface area contributed by atoms with Crippen LogP contribution >= 0.6 is 11.3 Å². The van der Waals surface area contributed by atoms with Crippen molar-refractivity contribution in [1.29, 1.82) is 0 Å². The first-order chi connectivity index (χ1) is 17.2. The molecule has 3 aromatic heterocycles. The second kappa shape index (κ2) is 9.34. The number of fused-ring (bicyclic) bond motifs is 3. The van der Waals surface area contributed by atoms with Crippen LogP contribution in [-0.4, -0.2) is 14.7 Å². The number of rotatable bonds is 7. The molecule has 5 aromatic rings. The molecule has 1 aliphatic rings. The third kappa shape index (κ3) is 4.27. The molecular weight excluding hydrogens is 456 g/mol. The standard InChI is InChI=1S/C29H28N2O3S/c32-23-14-13-21(17-20-9-2-1-3-10-20)25-26-28(35-27(23)25)30-24(15-12-19-7-4-5-8-19)31(29(26)33)18-22-11-6-16-34-22/h1-3,6,9-11,13-14,16,19,32H,4-5,7-8,12,15,17-18H2. The molecule has 0 radical (unpaired) electrons. The van der Waals surface area contributed by atoms with Crippen molar-refractivity contribution >= 4 is 31.6 Å². The Hall–Kier alpha value is -3.38. The maximum absolute atomic E-state index is 14.1. The molecule has 1 fully saturated rings. The zero-order chi connectivity index (χ0) is 23.8. The van der Waals surface area contributed by atoms with E-state index in [2.05, 4.69) is 12.1 Å². The normalized spacial score (nSPS) is 14.4. The number of aromatic hydroxyl groups is 1. The number of thiophene rings is 1. The van der Waals surface area contributed by atoms with Gasteiger partial charge in [-0.25, -0.2) is 4.98 Å². The Kier molecular flexibility index (Phi) is 5.90. The number of phenolic OH excluding ortho intramolecular Hbond substituents is 1. The van der Waals surface area contributed by atoms with Gasteiger partial charge in [0.05, 0.1) is 22.9 Å². The molecule has 35 heavy (non-hydrogen) atoms. The molecule has 0 aliphatic heterocycles. The van der Waals surface area contributed by atoms with Crippen LogP contribution in [0.25, 0.3) is 20.3 Å². The molecule has 0 amide bonds. The van der Waals surface area contributed by atoms with Crippen LogP contribution in [0.2, 0.25) is 0 Å². The second-order valence-electron chi connectivity index (χ2n) is 9.58. The maximum atomic E-state index is 14.1. The van der Waals surface area contributed by atoms with Crippen LogP contribution in [0, 0.1) is 5.92 Å². The van der Waals surface area contributed by atoms with E-state index in [-0.39, 0.29) is 11.3 Å². The van der Waals surface area contributed by atoms with Gasteiger partial charge in [0.15, 0.2) is 0 Å². The predicted octanol–water partition coefficient (Wildman–Crippen LogP) is 6.67. The number of nitrogens with zero attached hydrogens (tertiary/aromatic N) is 2. The molecule has 178 valence electrons. The summed E-state index contributed by atoms with van der Waals surface area (Å²) >= 11 is 1.42. The summed E-state index contributed by atoms with van der Waals surface area (Å²) in [5, 5.41) is 12.1. The molecule has 2 aromatic carbocycles. The number of benzene rings is 2. The Morgan fingerprint density at radius 2 is 1.86 bits per heavy atom. The van der Waals surface area contributed by atoms with Gasteiger partial charge in [-0.05, 0) is 48.1 Å². The SMILES string of the molecule is O=c1c2c(nc(CCC3CCCC3)n1Cc1ccco1)sc1c(O)ccc(Cc3ccccc3)c12. The first-order valence-corrected chi connectivity index (χ1v) is 13.2. The summed E-state index contributed by atoms with van der Waals surface area (Å²) in [7, 11) is 0. The summed E-state index contributed by atoms with van der Waals surface area (Å²) in [4.78, 5) is 19.8. The summed E-state index contributed by atoms with van der Waals surface area (Å²) in [6.45, 7) is 0.360. The average molecular weight is 485 g/mol. The molecule has 0 unspecified atom stereocenters. The lowest BCUT2D eigenvalue weighted by Crippen LogP contribution is -2.26. The van der Waals surface area contributed by atoms with Gasteiger partial charge in [0.25, 0.3) is 5.56 Å². The van der Waals surface area contributed by atoms with Gasteiger partial charge < -0.3 is 9.52 Å². The minimum Gasteiger partial charge on any atom is -0.506 e. The molecule has 6 rings (SSSR count). The minimum absolute atomic E-state index is 0.0565. The Morgan fingerprint density at radius 3 is 2.63 bits per heavy atom. The van der Waals surface area contributed by atoms with Gasteiger partial charge in [-0.1, -0.05) is 62.1 Å². The predicted molar refractivity (Wildman–Crippen MR) is 140 cm³/mol. The van der Waals surface area contributed by atoms with Crippen LogP contribution in [0.1, 0.15) is 54.8 Å². The third-order valence-corrected chi connectivity index (χ3v) is 8.38. The molecule has 5 nitrogen and oxygen atoms in total. The van der Waals surface area contributed by atoms with E-state index in [4.69, 9.17) is 9.40 Å². The van der Waals surface area contributed by atoms with Crippen molar-refractivity contribution in [1.82, 2.24) is 9.55 Å². The molecule has 1 saturated carbocycles. The first kappa shape index (κ1) is 22.1. The average Bonchev–Trinajstić information content (AvgIpc) is 3.64. The van der Waals surface area contributed by atoms with Crippen LogP contribution in [0.3, 0.4) is 0 Å². The van der Waals surface area contributed by atoms with Gasteiger partial charge in [0, 0.05) is 11.8 Å². The first-order valence-electron chi connectivity index (χ1n) is 12.4. The van der Waals surface area contributed by atoms with E-state index in [9.17, 15) is 9.90 Å². The summed E-state index contributed by atoms with van der Waals surface area (Å²) < 4.78 is 8.13. The maximum Gasteiger partial charge on any atom is 0.263 e. The van der Waals surface area contributed by atoms with Crippen molar-refractivity contribution < 1.29 is 9.52 Å². The quantitative estimate of drug-likeness (QED) is 0.280. The van der Waals surface area contributed by atoms with Crippen molar-refractivity contribution in [3.8, 4) is 5.75 Å². The van der Waals surface area contributed by atoms with E-state index in [1.165, 1.54) is 37.0 Å². The highest BCUT2D eigenvalue weighted by atomic mass is 32.1. The fourth-order valence-electron chi connectivity index (χ4n) is 5.46. The second-order valence-corrected chi connectivity index (χ2v) is 10.6. The van der Waals surface area contributed by atoms with Gasteiger partial charge in [0.1, 0.15) is 22.2 Å². The van der Waals surface area contributed by atoms with Gasteiger partial charge in [-0.15, -0.1) is 11.3 Å². The minimum atomic E-state index is -0.0565. The van der Waals surface area contributed by atoms with E-state index in [1.807, 2.05) is 36.4 Å². The summed E-state index contributed by atoms with van der Waals surface area (Å²) in [5.74, 6) is 2.46. The van der Waals surface area contributed by atoms with Crippen molar-refractivity contribution in [2.75, 3.05) is 0 Å². The van der Waals surface area contributed by atoms with Crippen molar-refractivity contribution in [3.05, 3.63) is 93.9 Å². The number of hydrogen-bond acceptors (Lipinski definition) is 5. The number of hydrogen-bond donors (Lipinski definition) is 1. The Bertz CT molecular complexity index is 1530. The molecule has 0 bridgehead atoms. The third-order valence-electron chi connectivity index (χ3n) is 7.27. The van der Waals surface area contributed by atoms with Crippen molar-refractivity contribution in [2.24, 2.45) is 5.92 Å². The lowest BCUT2D eigenvalue weighted by atomic mass is 9.99. The molecule has 6 heteroatoms. The zero-order valence-corrected chi connectivity index (χ0v) is 20.4. The summed E-state index contributed by atoms with van der Waals surface area (Å²) in [6, 6.07) is 17.6. The molecule has 1 N–H and O–H groups in total. The molecule has 1 aliphatic carbocycles. The Balaban J connectivity index is 1.52. The van der Waals surface area contributed by atoms with E-state index < -0.39 is 0 Å². The fraction of sp³-hybridized carbons (Fsp3) is 0.310. The number of aromatic nitrogens is 2. The molecule has 0 saturated heterocycles. The molecular formula is C29H28N2O3S. The molecule has 0 spiro atoms. The number of aryl methyl sites for hydroxylation is 1. The van der Waals surface area contributed by atoms with E-state index >= 15 is 0 Å². The summed E-state index contributed by atoms with van der Waals surface area (Å²) in [6.07, 6.45) is 9.28. The van der Waals surface area contributed by atoms with Crippen LogP contribution in [0.15, 0.2) is 70.1 Å². The van der Waals surface area contributed by atoms with Gasteiger partial charge in [-0.2, -0.15) is 0 Å². The molecule has 0 atom stereocenters. The fourth-order valence-corrected chi connectivity index (χ4v) is 6.60. The van der Waals surface area contributed by atoms with E-state index in [1.54, 1.807) is 16.9 Å². The number of furan rings is 1. The van der Waals surface area contributed by atoms with Crippen LogP contribution < -0.4 is 5.56 Å². The lowest BCUT2D eigenvalue weighted by Gasteiger charge is -2.14. The lowest BCUT2D eigenvalue weighted by molar-refractivity contribution is 0.464. The van der Waals surface area contributed by atoms with Gasteiger partial charge >= 0.3 is 0 Å². The van der Waals surface area contributed by atoms with Crippen molar-refractivity contribution in [3.63, 3.8) is 0 Å². The van der Waals surface area contributed by atoms with Gasteiger partial charge in [0.2, 0.25) is 0 Å². The van der Waals surface area contributed by atoms with Crippen LogP contribution in [-0.2, 0) is 19.4 Å². The Morgan fingerprint density at radius 1 is 1.03 bits per heavy atom. The van der Waals surface area contributed by atoms with Crippen molar-refractivity contribution in [2.45, 2.75) is 51.5 Å². The van der Waals surface area contributed by atoms with Crippen LogP contribution in [0.4, 0.5) is 0 Å². The monoisotopic (exact) mass is 484 g/mol. The van der Waals surface area contributed by atoms with E-state index in [0.717, 1.165) is 45.6 Å². The van der Waals surface area contributed by atoms with E-state index in [0.29, 0.717) is 29.1 Å². The van der Waals surface area contributed by atoms with Crippen LogP contribution in [0.5, 0.6) is 5.75 Å². The number of phenols is 1. The summed E-state index contributed by atoms with van der Waals surface area (Å²) in [5.41, 5.74) is 2.13. The van der Waals surface area contributed by atoms with Gasteiger partial charge in [-0.3, -0.25) is 9.36 Å². The largest absolute Gasteiger partial charge is 0.506 e. The highest BCUT2D eigenvalue weighted by molar-refractivity contribution is 7.25. The highest BCUT2D eigenvalue weighted by Crippen LogP contribution is 2.40.